The molecule has 0 fully saturated rings. The van der Waals surface area contributed by atoms with Gasteiger partial charge in [-0.3, -0.25) is 4.79 Å². The van der Waals surface area contributed by atoms with Crippen LogP contribution in [0.1, 0.15) is 28.8 Å². The number of hydrogen-bond donors (Lipinski definition) is 2. The molecule has 3 N–H and O–H groups in total. The fourth-order valence-electron chi connectivity index (χ4n) is 2.94. The second-order valence-corrected chi connectivity index (χ2v) is 6.59. The number of halogens is 1. The number of amides is 1. The van der Waals surface area contributed by atoms with Gasteiger partial charge >= 0.3 is 0 Å². The van der Waals surface area contributed by atoms with Crippen LogP contribution in [0.4, 0.5) is 5.69 Å². The van der Waals surface area contributed by atoms with Gasteiger partial charge in [-0.15, -0.1) is 0 Å². The van der Waals surface area contributed by atoms with E-state index in [2.05, 4.69) is 11.4 Å². The van der Waals surface area contributed by atoms with Crippen LogP contribution in [-0.2, 0) is 6.42 Å². The van der Waals surface area contributed by atoms with Gasteiger partial charge in [0.2, 0.25) is 5.91 Å². The lowest BCUT2D eigenvalue weighted by molar-refractivity contribution is 0.100. The Kier molecular flexibility index (Phi) is 5.26. The Bertz CT molecular complexity index is 733. The first kappa shape index (κ1) is 16.7. The summed E-state index contributed by atoms with van der Waals surface area (Å²) >= 11 is 6.02. The van der Waals surface area contributed by atoms with Gasteiger partial charge in [-0.1, -0.05) is 23.7 Å². The molecule has 126 valence electrons. The lowest BCUT2D eigenvalue weighted by Crippen LogP contribution is -2.18. The largest absolute Gasteiger partial charge is 0.491 e. The highest BCUT2D eigenvalue weighted by atomic mass is 35.5. The van der Waals surface area contributed by atoms with Crippen LogP contribution in [0, 0.1) is 5.92 Å². The van der Waals surface area contributed by atoms with Crippen LogP contribution in [0.3, 0.4) is 0 Å². The second-order valence-electron chi connectivity index (χ2n) is 6.16. The Balaban J connectivity index is 1.54. The number of nitrogens with two attached hydrogens (primary N) is 1. The molecule has 0 aliphatic carbocycles. The molecule has 1 atom stereocenters. The highest BCUT2D eigenvalue weighted by Crippen LogP contribution is 2.29. The van der Waals surface area contributed by atoms with Crippen LogP contribution >= 0.6 is 11.6 Å². The van der Waals surface area contributed by atoms with E-state index in [1.807, 2.05) is 18.2 Å². The van der Waals surface area contributed by atoms with Crippen LogP contribution in [-0.4, -0.2) is 19.1 Å². The number of carbonyl (C=O) groups excluding carboxylic acids is 1. The number of rotatable bonds is 5. The lowest BCUT2D eigenvalue weighted by atomic mass is 10.00. The quantitative estimate of drug-likeness (QED) is 0.865. The van der Waals surface area contributed by atoms with Crippen LogP contribution in [0.25, 0.3) is 0 Å². The van der Waals surface area contributed by atoms with Crippen LogP contribution < -0.4 is 15.8 Å². The number of benzene rings is 2. The first-order valence-electron chi connectivity index (χ1n) is 8.17. The average molecular weight is 345 g/mol. The van der Waals surface area contributed by atoms with Crippen molar-refractivity contribution in [3.8, 4) is 5.75 Å². The Hall–Kier alpha value is -2.20. The zero-order valence-electron chi connectivity index (χ0n) is 13.4. The summed E-state index contributed by atoms with van der Waals surface area (Å²) in [5.41, 5.74) is 7.92. The number of carbonyl (C=O) groups is 1. The molecule has 2 aromatic rings. The van der Waals surface area contributed by atoms with Gasteiger partial charge in [0.25, 0.3) is 0 Å². The predicted octanol–water partition coefficient (Wildman–Crippen LogP) is 3.88. The summed E-state index contributed by atoms with van der Waals surface area (Å²) in [5, 5.41) is 4.16. The third kappa shape index (κ3) is 4.20. The van der Waals surface area contributed by atoms with Crippen LogP contribution in [0.15, 0.2) is 42.5 Å². The molecular formula is C19H21ClN2O2. The minimum atomic E-state index is -0.429. The van der Waals surface area contributed by atoms with Crippen LogP contribution in [0.5, 0.6) is 5.75 Å². The maximum absolute atomic E-state index is 11.3. The van der Waals surface area contributed by atoms with Crippen LogP contribution in [0.2, 0.25) is 5.02 Å². The number of aryl methyl sites for hydroxylation is 1. The van der Waals surface area contributed by atoms with Gasteiger partial charge in [0.05, 0.1) is 12.3 Å². The molecule has 0 bridgehead atoms. The fraction of sp³-hybridized carbons (Fsp3) is 0.316. The first-order chi connectivity index (χ1) is 11.6. The molecule has 0 radical (unpaired) electrons. The molecule has 0 saturated carbocycles. The zero-order chi connectivity index (χ0) is 16.9. The Morgan fingerprint density at radius 2 is 2.17 bits per heavy atom. The summed E-state index contributed by atoms with van der Waals surface area (Å²) in [6, 6.07) is 13.3. The monoisotopic (exact) mass is 344 g/mol. The van der Waals surface area contributed by atoms with E-state index in [1.165, 1.54) is 5.56 Å². The van der Waals surface area contributed by atoms with Crippen molar-refractivity contribution in [1.82, 2.24) is 0 Å². The van der Waals surface area contributed by atoms with Crippen molar-refractivity contribution in [2.45, 2.75) is 19.3 Å². The highest BCUT2D eigenvalue weighted by Gasteiger charge is 2.17. The van der Waals surface area contributed by atoms with Gasteiger partial charge in [-0.05, 0) is 55.2 Å². The standard InChI is InChI=1S/C19H21ClN2O2/c20-16-6-2-4-13(9-16)3-1-5-14-11-22-17-10-15(19(21)23)7-8-18(17)24-12-14/h2,4,6-10,14,22H,1,3,5,11-12H2,(H2,21,23). The van der Waals surface area contributed by atoms with Crippen molar-refractivity contribution in [3.63, 3.8) is 0 Å². The molecule has 3 rings (SSSR count). The molecule has 1 aliphatic heterocycles. The second kappa shape index (κ2) is 7.58. The molecule has 4 nitrogen and oxygen atoms in total. The van der Waals surface area contributed by atoms with Crippen molar-refractivity contribution in [1.29, 1.82) is 0 Å². The molecule has 0 aromatic heterocycles. The van der Waals surface area contributed by atoms with Gasteiger partial charge in [0, 0.05) is 23.0 Å². The normalized spacial score (nSPS) is 16.5. The summed E-state index contributed by atoms with van der Waals surface area (Å²) < 4.78 is 5.88. The molecule has 1 aliphatic rings. The van der Waals surface area contributed by atoms with Crippen molar-refractivity contribution >= 4 is 23.2 Å². The summed E-state index contributed by atoms with van der Waals surface area (Å²) in [5.74, 6) is 0.771. The van der Waals surface area contributed by atoms with Gasteiger partial charge in [-0.25, -0.2) is 0 Å². The average Bonchev–Trinajstić information content (AvgIpc) is 2.77. The van der Waals surface area contributed by atoms with Crippen molar-refractivity contribution in [2.75, 3.05) is 18.5 Å². The molecule has 1 unspecified atom stereocenters. The molecule has 0 spiro atoms. The summed E-state index contributed by atoms with van der Waals surface area (Å²) in [7, 11) is 0. The van der Waals surface area contributed by atoms with Crippen molar-refractivity contribution in [3.05, 3.63) is 58.6 Å². The van der Waals surface area contributed by atoms with E-state index in [0.29, 0.717) is 18.1 Å². The number of ether oxygens (including phenoxy) is 1. The van der Waals surface area contributed by atoms with Crippen molar-refractivity contribution in [2.24, 2.45) is 11.7 Å². The third-order valence-corrected chi connectivity index (χ3v) is 4.52. The smallest absolute Gasteiger partial charge is 0.248 e. The van der Waals surface area contributed by atoms with Gasteiger partial charge in [0.15, 0.2) is 0 Å². The minimum Gasteiger partial charge on any atom is -0.491 e. The zero-order valence-corrected chi connectivity index (χ0v) is 14.2. The lowest BCUT2D eigenvalue weighted by Gasteiger charge is -2.13. The molecule has 1 amide bonds. The first-order valence-corrected chi connectivity index (χ1v) is 8.54. The number of nitrogens with one attached hydrogen (secondary N) is 1. The minimum absolute atomic E-state index is 0.425. The summed E-state index contributed by atoms with van der Waals surface area (Å²) in [6.07, 6.45) is 3.16. The fourth-order valence-corrected chi connectivity index (χ4v) is 3.15. The third-order valence-electron chi connectivity index (χ3n) is 4.29. The van der Waals surface area contributed by atoms with E-state index >= 15 is 0 Å². The molecule has 2 aromatic carbocycles. The van der Waals surface area contributed by atoms with Crippen molar-refractivity contribution < 1.29 is 9.53 Å². The van der Waals surface area contributed by atoms with Gasteiger partial charge < -0.3 is 15.8 Å². The Morgan fingerprint density at radius 3 is 2.96 bits per heavy atom. The number of hydrogen-bond acceptors (Lipinski definition) is 3. The molecule has 24 heavy (non-hydrogen) atoms. The Labute approximate surface area is 147 Å². The van der Waals surface area contributed by atoms with E-state index in [9.17, 15) is 4.79 Å². The maximum atomic E-state index is 11.3. The number of anilines is 1. The van der Waals surface area contributed by atoms with Gasteiger partial charge in [-0.2, -0.15) is 0 Å². The summed E-state index contributed by atoms with van der Waals surface area (Å²) in [6.45, 7) is 1.50. The van der Waals surface area contributed by atoms with Gasteiger partial charge in [0.1, 0.15) is 5.75 Å². The van der Waals surface area contributed by atoms with E-state index in [-0.39, 0.29) is 0 Å². The topological polar surface area (TPSA) is 64.4 Å². The Morgan fingerprint density at radius 1 is 1.29 bits per heavy atom. The predicted molar refractivity (Wildman–Crippen MR) is 96.8 cm³/mol. The maximum Gasteiger partial charge on any atom is 0.248 e. The van der Waals surface area contributed by atoms with E-state index in [1.54, 1.807) is 18.2 Å². The molecule has 5 heteroatoms. The van der Waals surface area contributed by atoms with E-state index < -0.39 is 5.91 Å². The molecule has 0 saturated heterocycles. The summed E-state index contributed by atoms with van der Waals surface area (Å²) in [4.78, 5) is 11.3. The highest BCUT2D eigenvalue weighted by molar-refractivity contribution is 6.30. The number of primary amides is 1. The van der Waals surface area contributed by atoms with E-state index in [4.69, 9.17) is 22.1 Å². The SMILES string of the molecule is NC(=O)c1ccc2c(c1)NCC(CCCc1cccc(Cl)c1)CO2. The molecular weight excluding hydrogens is 324 g/mol. The van der Waals surface area contributed by atoms with E-state index in [0.717, 1.165) is 42.3 Å². The molecule has 1 heterocycles. The number of fused-ring (bicyclic) bond motifs is 1.